The van der Waals surface area contributed by atoms with E-state index in [0.29, 0.717) is 32.6 Å². The molecule has 0 aliphatic carbocycles. The summed E-state index contributed by atoms with van der Waals surface area (Å²) < 4.78 is 5.21. The first kappa shape index (κ1) is 20.3. The summed E-state index contributed by atoms with van der Waals surface area (Å²) in [5.74, 6) is -0.0414. The Morgan fingerprint density at radius 3 is 2.44 bits per heavy atom. The molecule has 1 rings (SSSR count). The lowest BCUT2D eigenvalue weighted by Gasteiger charge is -2.32. The first-order valence-corrected chi connectivity index (χ1v) is 5.92. The second-order valence-electron chi connectivity index (χ2n) is 4.42. The Morgan fingerprint density at radius 1 is 1.39 bits per heavy atom. The topological polar surface area (TPSA) is 67.6 Å². The van der Waals surface area contributed by atoms with Crippen LogP contribution in [-0.4, -0.2) is 56.2 Å². The minimum atomic E-state index is -0.719. The molecule has 0 atom stereocenters. The molecule has 1 amide bonds. The molecule has 1 aliphatic heterocycles. The summed E-state index contributed by atoms with van der Waals surface area (Å²) in [4.78, 5) is 14.0. The normalized spacial score (nSPS) is 17.6. The largest absolute Gasteiger partial charge is 0.381 e. The summed E-state index contributed by atoms with van der Waals surface area (Å²) in [6, 6.07) is 0. The predicted octanol–water partition coefficient (Wildman–Crippen LogP) is 0.406. The van der Waals surface area contributed by atoms with Crippen LogP contribution in [0.5, 0.6) is 0 Å². The van der Waals surface area contributed by atoms with Gasteiger partial charge in [0.2, 0.25) is 5.91 Å². The van der Waals surface area contributed by atoms with Crippen molar-refractivity contribution in [2.45, 2.75) is 25.3 Å². The molecule has 0 aromatic carbocycles. The number of rotatable bonds is 5. The molecular formula is C11H25Cl2N3O2. The van der Waals surface area contributed by atoms with Gasteiger partial charge in [-0.3, -0.25) is 4.79 Å². The molecule has 0 spiro atoms. The SMILES string of the molecule is CCN(C)CCNC(=O)C1(N)CCOCC1.Cl.Cl. The molecule has 0 unspecified atom stereocenters. The van der Waals surface area contributed by atoms with Gasteiger partial charge in [0.15, 0.2) is 0 Å². The lowest BCUT2D eigenvalue weighted by molar-refractivity contribution is -0.129. The van der Waals surface area contributed by atoms with Crippen LogP contribution in [0.15, 0.2) is 0 Å². The number of nitrogens with zero attached hydrogens (tertiary/aromatic N) is 1. The summed E-state index contributed by atoms with van der Waals surface area (Å²) in [6.45, 7) is 5.75. The van der Waals surface area contributed by atoms with Crippen molar-refractivity contribution in [2.75, 3.05) is 39.9 Å². The summed E-state index contributed by atoms with van der Waals surface area (Å²) in [5, 5.41) is 2.90. The van der Waals surface area contributed by atoms with Gasteiger partial charge >= 0.3 is 0 Å². The van der Waals surface area contributed by atoms with Crippen molar-refractivity contribution >= 4 is 30.7 Å². The van der Waals surface area contributed by atoms with E-state index < -0.39 is 5.54 Å². The quantitative estimate of drug-likeness (QED) is 0.772. The molecule has 0 aromatic heterocycles. The number of hydrogen-bond acceptors (Lipinski definition) is 4. The molecule has 110 valence electrons. The summed E-state index contributed by atoms with van der Waals surface area (Å²) in [7, 11) is 2.03. The first-order valence-electron chi connectivity index (χ1n) is 5.92. The van der Waals surface area contributed by atoms with Crippen LogP contribution in [0.1, 0.15) is 19.8 Å². The third-order valence-corrected chi connectivity index (χ3v) is 3.16. The van der Waals surface area contributed by atoms with Gasteiger partial charge in [0.05, 0.1) is 5.54 Å². The second-order valence-corrected chi connectivity index (χ2v) is 4.42. The summed E-state index contributed by atoms with van der Waals surface area (Å²) in [6.07, 6.45) is 1.23. The van der Waals surface area contributed by atoms with Crippen molar-refractivity contribution in [1.82, 2.24) is 10.2 Å². The number of hydrogen-bond donors (Lipinski definition) is 2. The van der Waals surface area contributed by atoms with Gasteiger partial charge in [0.1, 0.15) is 0 Å². The molecule has 18 heavy (non-hydrogen) atoms. The van der Waals surface area contributed by atoms with E-state index in [-0.39, 0.29) is 30.7 Å². The number of ether oxygens (including phenoxy) is 1. The van der Waals surface area contributed by atoms with E-state index in [1.807, 2.05) is 7.05 Å². The monoisotopic (exact) mass is 301 g/mol. The van der Waals surface area contributed by atoms with Crippen molar-refractivity contribution in [1.29, 1.82) is 0 Å². The maximum Gasteiger partial charge on any atom is 0.240 e. The highest BCUT2D eigenvalue weighted by molar-refractivity contribution is 5.86. The zero-order valence-electron chi connectivity index (χ0n) is 11.1. The fourth-order valence-corrected chi connectivity index (χ4v) is 1.66. The van der Waals surface area contributed by atoms with E-state index in [1.165, 1.54) is 0 Å². The smallest absolute Gasteiger partial charge is 0.240 e. The summed E-state index contributed by atoms with van der Waals surface area (Å²) in [5.41, 5.74) is 5.33. The maximum absolute atomic E-state index is 11.9. The highest BCUT2D eigenvalue weighted by atomic mass is 35.5. The Bertz CT molecular complexity index is 236. The van der Waals surface area contributed by atoms with Crippen molar-refractivity contribution in [3.05, 3.63) is 0 Å². The lowest BCUT2D eigenvalue weighted by Crippen LogP contribution is -2.57. The van der Waals surface area contributed by atoms with Gasteiger partial charge in [-0.2, -0.15) is 0 Å². The van der Waals surface area contributed by atoms with Crippen LogP contribution in [-0.2, 0) is 9.53 Å². The minimum absolute atomic E-state index is 0. The van der Waals surface area contributed by atoms with Crippen LogP contribution < -0.4 is 11.1 Å². The van der Waals surface area contributed by atoms with Gasteiger partial charge in [-0.1, -0.05) is 6.92 Å². The molecule has 1 aliphatic rings. The second kappa shape index (κ2) is 9.81. The molecule has 0 saturated carbocycles. The van der Waals surface area contributed by atoms with Gasteiger partial charge in [0.25, 0.3) is 0 Å². The van der Waals surface area contributed by atoms with Crippen LogP contribution in [0.25, 0.3) is 0 Å². The number of amides is 1. The highest BCUT2D eigenvalue weighted by Gasteiger charge is 2.35. The Balaban J connectivity index is 0. The fourth-order valence-electron chi connectivity index (χ4n) is 1.66. The Labute approximate surface area is 122 Å². The van der Waals surface area contributed by atoms with Crippen molar-refractivity contribution in [2.24, 2.45) is 5.73 Å². The third-order valence-electron chi connectivity index (χ3n) is 3.16. The van der Waals surface area contributed by atoms with Gasteiger partial charge in [-0.05, 0) is 26.4 Å². The summed E-state index contributed by atoms with van der Waals surface area (Å²) >= 11 is 0. The van der Waals surface area contributed by atoms with E-state index in [4.69, 9.17) is 10.5 Å². The van der Waals surface area contributed by atoms with Crippen LogP contribution in [0.4, 0.5) is 0 Å². The maximum atomic E-state index is 11.9. The molecule has 1 fully saturated rings. The predicted molar refractivity (Wildman–Crippen MR) is 77.6 cm³/mol. The molecule has 5 nitrogen and oxygen atoms in total. The Kier molecular flexibility index (Phi) is 11.0. The lowest BCUT2D eigenvalue weighted by atomic mass is 9.90. The first-order chi connectivity index (χ1) is 7.58. The highest BCUT2D eigenvalue weighted by Crippen LogP contribution is 2.17. The van der Waals surface area contributed by atoms with Crippen LogP contribution in [0.3, 0.4) is 0 Å². The zero-order valence-corrected chi connectivity index (χ0v) is 12.7. The Hall–Kier alpha value is -0.0700. The van der Waals surface area contributed by atoms with Crippen molar-refractivity contribution < 1.29 is 9.53 Å². The zero-order chi connectivity index (χ0) is 12.0. The molecule has 1 saturated heterocycles. The molecule has 3 N–H and O–H groups in total. The standard InChI is InChI=1S/C11H23N3O2.2ClH/c1-3-14(2)7-6-13-10(15)11(12)4-8-16-9-5-11;;/h3-9,12H2,1-2H3,(H,13,15);2*1H. The van der Waals surface area contributed by atoms with Crippen molar-refractivity contribution in [3.63, 3.8) is 0 Å². The minimum Gasteiger partial charge on any atom is -0.381 e. The average Bonchev–Trinajstić information content (AvgIpc) is 2.29. The van der Waals surface area contributed by atoms with Crippen LogP contribution >= 0.6 is 24.8 Å². The van der Waals surface area contributed by atoms with E-state index >= 15 is 0 Å². The van der Waals surface area contributed by atoms with E-state index in [0.717, 1.165) is 13.1 Å². The van der Waals surface area contributed by atoms with Gasteiger partial charge < -0.3 is 20.7 Å². The molecular weight excluding hydrogens is 277 g/mol. The Morgan fingerprint density at radius 2 is 1.94 bits per heavy atom. The van der Waals surface area contributed by atoms with Crippen LogP contribution in [0, 0.1) is 0 Å². The van der Waals surface area contributed by atoms with Gasteiger partial charge in [-0.15, -0.1) is 24.8 Å². The number of likely N-dealkylation sites (N-methyl/N-ethyl adjacent to an activating group) is 1. The number of carbonyl (C=O) groups excluding carboxylic acids is 1. The van der Waals surface area contributed by atoms with E-state index in [2.05, 4.69) is 17.1 Å². The molecule has 0 aromatic rings. The average molecular weight is 302 g/mol. The van der Waals surface area contributed by atoms with Crippen molar-refractivity contribution in [3.8, 4) is 0 Å². The number of carbonyl (C=O) groups is 1. The van der Waals surface area contributed by atoms with E-state index in [1.54, 1.807) is 0 Å². The number of nitrogens with one attached hydrogen (secondary N) is 1. The van der Waals surface area contributed by atoms with E-state index in [9.17, 15) is 4.79 Å². The molecule has 1 heterocycles. The molecule has 7 heteroatoms. The molecule has 0 bridgehead atoms. The number of nitrogens with two attached hydrogens (primary N) is 1. The van der Waals surface area contributed by atoms with Gasteiger partial charge in [-0.25, -0.2) is 0 Å². The number of halogens is 2. The van der Waals surface area contributed by atoms with Gasteiger partial charge in [0, 0.05) is 26.3 Å². The van der Waals surface area contributed by atoms with Crippen LogP contribution in [0.2, 0.25) is 0 Å². The molecule has 0 radical (unpaired) electrons. The third kappa shape index (κ3) is 6.20. The fraction of sp³-hybridized carbons (Fsp3) is 0.909.